The van der Waals surface area contributed by atoms with E-state index in [2.05, 4.69) is 0 Å². The van der Waals surface area contributed by atoms with Crippen LogP contribution in [0.25, 0.3) is 0 Å². The molecule has 1 aromatic carbocycles. The van der Waals surface area contributed by atoms with E-state index >= 15 is 0 Å². The number of methoxy groups -OCH3 is 2. The van der Waals surface area contributed by atoms with E-state index in [1.165, 1.54) is 20.3 Å². The lowest BCUT2D eigenvalue weighted by Crippen LogP contribution is -2.42. The third-order valence-corrected chi connectivity index (χ3v) is 4.14. The lowest BCUT2D eigenvalue weighted by molar-refractivity contribution is -0.153. The van der Waals surface area contributed by atoms with Gasteiger partial charge in [-0.05, 0) is 36.5 Å². The summed E-state index contributed by atoms with van der Waals surface area (Å²) in [7, 11) is 2.79. The standard InChI is InChI=1S/C16H22FNO3/c1-20-14-6-5-12(7-13(14)17)9-16(10-18,15(19)21-2)8-11-3-4-11/h5-7,11H,3-4,8-10,18H2,1-2H3. The molecular formula is C16H22FNO3. The Kier molecular flexibility index (Phi) is 4.83. The summed E-state index contributed by atoms with van der Waals surface area (Å²) in [6.07, 6.45) is 3.32. The molecule has 1 atom stereocenters. The topological polar surface area (TPSA) is 61.5 Å². The number of rotatable bonds is 7. The molecule has 2 N–H and O–H groups in total. The number of hydrogen-bond donors (Lipinski definition) is 1. The Labute approximate surface area is 124 Å². The molecule has 0 saturated heterocycles. The third kappa shape index (κ3) is 3.53. The minimum atomic E-state index is -0.767. The van der Waals surface area contributed by atoms with Crippen molar-refractivity contribution in [3.8, 4) is 5.75 Å². The first-order valence-corrected chi connectivity index (χ1v) is 7.15. The third-order valence-electron chi connectivity index (χ3n) is 4.14. The van der Waals surface area contributed by atoms with Crippen molar-refractivity contribution in [1.82, 2.24) is 0 Å². The molecule has 1 aliphatic carbocycles. The van der Waals surface area contributed by atoms with Gasteiger partial charge in [-0.25, -0.2) is 4.39 Å². The van der Waals surface area contributed by atoms with E-state index in [0.717, 1.165) is 18.4 Å². The molecule has 21 heavy (non-hydrogen) atoms. The lowest BCUT2D eigenvalue weighted by Gasteiger charge is -2.30. The molecule has 1 aromatic rings. The summed E-state index contributed by atoms with van der Waals surface area (Å²) < 4.78 is 23.7. The second kappa shape index (κ2) is 6.43. The zero-order valence-corrected chi connectivity index (χ0v) is 12.5. The van der Waals surface area contributed by atoms with Crippen LogP contribution in [0.15, 0.2) is 18.2 Å². The van der Waals surface area contributed by atoms with Crippen LogP contribution in [0.3, 0.4) is 0 Å². The number of carbonyl (C=O) groups excluding carboxylic acids is 1. The van der Waals surface area contributed by atoms with Crippen LogP contribution in [-0.4, -0.2) is 26.7 Å². The van der Waals surface area contributed by atoms with Gasteiger partial charge in [-0.15, -0.1) is 0 Å². The van der Waals surface area contributed by atoms with Gasteiger partial charge in [0.2, 0.25) is 0 Å². The minimum absolute atomic E-state index is 0.192. The zero-order chi connectivity index (χ0) is 15.5. The van der Waals surface area contributed by atoms with Gasteiger partial charge < -0.3 is 15.2 Å². The summed E-state index contributed by atoms with van der Waals surface area (Å²) in [4.78, 5) is 12.2. The molecule has 1 fully saturated rings. The quantitative estimate of drug-likeness (QED) is 0.784. The largest absolute Gasteiger partial charge is 0.494 e. The van der Waals surface area contributed by atoms with Crippen molar-refractivity contribution in [2.75, 3.05) is 20.8 Å². The van der Waals surface area contributed by atoms with E-state index in [9.17, 15) is 9.18 Å². The molecule has 0 aromatic heterocycles. The highest BCUT2D eigenvalue weighted by atomic mass is 19.1. The van der Waals surface area contributed by atoms with Gasteiger partial charge in [0.1, 0.15) is 0 Å². The van der Waals surface area contributed by atoms with Gasteiger partial charge in [-0.3, -0.25) is 4.79 Å². The molecule has 116 valence electrons. The fraction of sp³-hybridized carbons (Fsp3) is 0.562. The van der Waals surface area contributed by atoms with Crippen molar-refractivity contribution >= 4 is 5.97 Å². The minimum Gasteiger partial charge on any atom is -0.494 e. The average molecular weight is 295 g/mol. The fourth-order valence-corrected chi connectivity index (χ4v) is 2.77. The molecule has 5 heteroatoms. The number of hydrogen-bond acceptors (Lipinski definition) is 4. The zero-order valence-electron chi connectivity index (χ0n) is 12.5. The van der Waals surface area contributed by atoms with E-state index in [-0.39, 0.29) is 18.3 Å². The Morgan fingerprint density at radius 1 is 1.43 bits per heavy atom. The Hall–Kier alpha value is -1.62. The smallest absolute Gasteiger partial charge is 0.313 e. The SMILES string of the molecule is COC(=O)C(CN)(Cc1ccc(OC)c(F)c1)CC1CC1. The van der Waals surface area contributed by atoms with Gasteiger partial charge in [0, 0.05) is 6.54 Å². The summed E-state index contributed by atoms with van der Waals surface area (Å²) in [5, 5.41) is 0. The van der Waals surface area contributed by atoms with Crippen molar-refractivity contribution in [2.24, 2.45) is 17.1 Å². The number of nitrogens with two attached hydrogens (primary N) is 1. The molecule has 1 unspecified atom stereocenters. The molecule has 1 saturated carbocycles. The summed E-state index contributed by atoms with van der Waals surface area (Å²) in [6.45, 7) is 0.198. The van der Waals surface area contributed by atoms with Crippen molar-refractivity contribution in [3.05, 3.63) is 29.6 Å². The van der Waals surface area contributed by atoms with Crippen molar-refractivity contribution in [3.63, 3.8) is 0 Å². The predicted molar refractivity (Wildman–Crippen MR) is 77.5 cm³/mol. The molecule has 0 aliphatic heterocycles. The molecule has 1 aliphatic rings. The Morgan fingerprint density at radius 3 is 2.62 bits per heavy atom. The summed E-state index contributed by atoms with van der Waals surface area (Å²) >= 11 is 0. The van der Waals surface area contributed by atoms with Crippen LogP contribution in [0.5, 0.6) is 5.75 Å². The van der Waals surface area contributed by atoms with Gasteiger partial charge in [-0.2, -0.15) is 0 Å². The molecule has 2 rings (SSSR count). The number of ether oxygens (including phenoxy) is 2. The highest BCUT2D eigenvalue weighted by Gasteiger charge is 2.43. The van der Waals surface area contributed by atoms with Gasteiger partial charge in [0.15, 0.2) is 11.6 Å². The van der Waals surface area contributed by atoms with Crippen LogP contribution in [-0.2, 0) is 16.0 Å². The second-order valence-electron chi connectivity index (χ2n) is 5.77. The van der Waals surface area contributed by atoms with Crippen LogP contribution >= 0.6 is 0 Å². The van der Waals surface area contributed by atoms with E-state index in [1.807, 2.05) is 0 Å². The maximum atomic E-state index is 13.8. The van der Waals surface area contributed by atoms with Gasteiger partial charge in [0.25, 0.3) is 0 Å². The maximum absolute atomic E-state index is 13.8. The summed E-state index contributed by atoms with van der Waals surface area (Å²) in [6, 6.07) is 4.74. The van der Waals surface area contributed by atoms with E-state index in [4.69, 9.17) is 15.2 Å². The van der Waals surface area contributed by atoms with Crippen molar-refractivity contribution in [1.29, 1.82) is 0 Å². The van der Waals surface area contributed by atoms with Crippen molar-refractivity contribution < 1.29 is 18.7 Å². The van der Waals surface area contributed by atoms with Gasteiger partial charge in [0.05, 0.1) is 19.6 Å². The molecule has 4 nitrogen and oxygen atoms in total. The molecule has 0 heterocycles. The number of halogens is 1. The van der Waals surface area contributed by atoms with Crippen LogP contribution in [0.1, 0.15) is 24.8 Å². The summed E-state index contributed by atoms with van der Waals surface area (Å²) in [5.41, 5.74) is 5.84. The highest BCUT2D eigenvalue weighted by Crippen LogP contribution is 2.42. The van der Waals surface area contributed by atoms with E-state index < -0.39 is 11.2 Å². The fourth-order valence-electron chi connectivity index (χ4n) is 2.77. The van der Waals surface area contributed by atoms with Gasteiger partial charge in [-0.1, -0.05) is 18.9 Å². The Balaban J connectivity index is 2.24. The van der Waals surface area contributed by atoms with E-state index in [1.54, 1.807) is 12.1 Å². The number of benzene rings is 1. The normalized spacial score (nSPS) is 17.1. The second-order valence-corrected chi connectivity index (χ2v) is 5.77. The molecule has 0 amide bonds. The maximum Gasteiger partial charge on any atom is 0.313 e. The average Bonchev–Trinajstić information content (AvgIpc) is 3.29. The first-order chi connectivity index (χ1) is 10.0. The predicted octanol–water partition coefficient (Wildman–Crippen LogP) is 2.29. The van der Waals surface area contributed by atoms with E-state index in [0.29, 0.717) is 18.8 Å². The molecule has 0 radical (unpaired) electrons. The molecule has 0 spiro atoms. The van der Waals surface area contributed by atoms with Crippen LogP contribution in [0, 0.1) is 17.2 Å². The summed E-state index contributed by atoms with van der Waals surface area (Å²) in [5.74, 6) is -0.0292. The first kappa shape index (κ1) is 15.8. The Morgan fingerprint density at radius 2 is 2.14 bits per heavy atom. The van der Waals surface area contributed by atoms with Crippen LogP contribution in [0.4, 0.5) is 4.39 Å². The lowest BCUT2D eigenvalue weighted by atomic mass is 9.77. The Bertz CT molecular complexity index is 516. The van der Waals surface area contributed by atoms with Crippen LogP contribution in [0.2, 0.25) is 0 Å². The number of esters is 1. The molecular weight excluding hydrogens is 273 g/mol. The number of carbonyl (C=O) groups is 1. The first-order valence-electron chi connectivity index (χ1n) is 7.15. The highest BCUT2D eigenvalue weighted by molar-refractivity contribution is 5.77. The van der Waals surface area contributed by atoms with Crippen molar-refractivity contribution in [2.45, 2.75) is 25.7 Å². The van der Waals surface area contributed by atoms with Gasteiger partial charge >= 0.3 is 5.97 Å². The van der Waals surface area contributed by atoms with Crippen LogP contribution < -0.4 is 10.5 Å². The monoisotopic (exact) mass is 295 g/mol. The molecule has 0 bridgehead atoms.